The maximum atomic E-state index is 11.1. The normalized spacial score (nSPS) is 18.5. The number of fused-ring (bicyclic) bond motifs is 1. The molecule has 0 amide bonds. The maximum absolute atomic E-state index is 11.1. The molecule has 1 aliphatic rings. The van der Waals surface area contributed by atoms with Crippen LogP contribution >= 0.6 is 0 Å². The average molecular weight is 235 g/mol. The molecule has 0 spiro atoms. The summed E-state index contributed by atoms with van der Waals surface area (Å²) in [6.45, 7) is 0.224. The second-order valence-electron chi connectivity index (χ2n) is 4.28. The number of ether oxygens (including phenoxy) is 1. The van der Waals surface area contributed by atoms with E-state index in [1.807, 2.05) is 6.07 Å². The van der Waals surface area contributed by atoms with Crippen LogP contribution in [0.1, 0.15) is 30.0 Å². The van der Waals surface area contributed by atoms with Gasteiger partial charge < -0.3 is 15.2 Å². The minimum Gasteiger partial charge on any atom is -0.508 e. The highest BCUT2D eigenvalue weighted by atomic mass is 16.5. The predicted molar refractivity (Wildman–Crippen MR) is 63.8 cm³/mol. The van der Waals surface area contributed by atoms with Crippen molar-refractivity contribution in [3.05, 3.63) is 29.3 Å². The number of hydrogen-bond acceptors (Lipinski definition) is 4. The largest absolute Gasteiger partial charge is 0.508 e. The van der Waals surface area contributed by atoms with Crippen LogP contribution in [0.5, 0.6) is 5.75 Å². The monoisotopic (exact) mass is 235 g/mol. The Morgan fingerprint density at radius 3 is 3.18 bits per heavy atom. The summed E-state index contributed by atoms with van der Waals surface area (Å²) >= 11 is 0. The molecule has 4 nitrogen and oxygen atoms in total. The van der Waals surface area contributed by atoms with Gasteiger partial charge in [-0.15, -0.1) is 0 Å². The zero-order valence-corrected chi connectivity index (χ0v) is 9.90. The van der Waals surface area contributed by atoms with Crippen molar-refractivity contribution in [1.82, 2.24) is 5.32 Å². The molecule has 0 radical (unpaired) electrons. The molecule has 0 fully saturated rings. The number of phenols is 1. The van der Waals surface area contributed by atoms with Gasteiger partial charge in [0.05, 0.1) is 13.7 Å². The number of nitrogens with one attached hydrogen (secondary N) is 1. The third kappa shape index (κ3) is 2.77. The van der Waals surface area contributed by atoms with E-state index in [0.29, 0.717) is 5.75 Å². The summed E-state index contributed by atoms with van der Waals surface area (Å²) in [6.07, 6.45) is 3.06. The number of aryl methyl sites for hydroxylation is 1. The number of esters is 1. The van der Waals surface area contributed by atoms with E-state index in [9.17, 15) is 9.90 Å². The Kier molecular flexibility index (Phi) is 3.64. The predicted octanol–water partition coefficient (Wildman–Crippen LogP) is 1.53. The Hall–Kier alpha value is -1.55. The van der Waals surface area contributed by atoms with Gasteiger partial charge in [0.15, 0.2) is 0 Å². The van der Waals surface area contributed by atoms with Gasteiger partial charge >= 0.3 is 5.97 Å². The lowest BCUT2D eigenvalue weighted by molar-refractivity contribution is -0.139. The molecule has 92 valence electrons. The van der Waals surface area contributed by atoms with Gasteiger partial charge in [-0.05, 0) is 42.5 Å². The first kappa shape index (κ1) is 11.9. The lowest BCUT2D eigenvalue weighted by Gasteiger charge is -2.26. The van der Waals surface area contributed by atoms with Crippen molar-refractivity contribution in [2.45, 2.75) is 25.3 Å². The van der Waals surface area contributed by atoms with Gasteiger partial charge in [0, 0.05) is 6.04 Å². The molecule has 17 heavy (non-hydrogen) atoms. The first-order valence-electron chi connectivity index (χ1n) is 5.82. The summed E-state index contributed by atoms with van der Waals surface area (Å²) in [5.41, 5.74) is 2.34. The molecule has 1 aromatic carbocycles. The molecular formula is C13H17NO3. The van der Waals surface area contributed by atoms with Crippen molar-refractivity contribution in [3.8, 4) is 5.75 Å². The van der Waals surface area contributed by atoms with Crippen molar-refractivity contribution in [3.63, 3.8) is 0 Å². The van der Waals surface area contributed by atoms with Crippen LogP contribution in [0.15, 0.2) is 18.2 Å². The van der Waals surface area contributed by atoms with Gasteiger partial charge in [-0.25, -0.2) is 0 Å². The van der Waals surface area contributed by atoms with Gasteiger partial charge in [0.1, 0.15) is 5.75 Å². The Morgan fingerprint density at radius 1 is 1.59 bits per heavy atom. The highest BCUT2D eigenvalue weighted by molar-refractivity contribution is 5.71. The minimum atomic E-state index is -0.254. The van der Waals surface area contributed by atoms with Gasteiger partial charge in [-0.1, -0.05) is 6.07 Å². The summed E-state index contributed by atoms with van der Waals surface area (Å²) < 4.78 is 4.61. The molecule has 0 aliphatic heterocycles. The van der Waals surface area contributed by atoms with Crippen LogP contribution in [0, 0.1) is 0 Å². The van der Waals surface area contributed by atoms with Crippen molar-refractivity contribution in [1.29, 1.82) is 0 Å². The summed E-state index contributed by atoms with van der Waals surface area (Å²) in [4.78, 5) is 11.1. The zero-order valence-electron chi connectivity index (χ0n) is 9.90. The van der Waals surface area contributed by atoms with Crippen LogP contribution in [-0.4, -0.2) is 24.7 Å². The van der Waals surface area contributed by atoms with E-state index in [1.54, 1.807) is 12.1 Å². The van der Waals surface area contributed by atoms with Crippen molar-refractivity contribution >= 4 is 5.97 Å². The SMILES string of the molecule is COC(=O)CNC1CCCc2cc(O)ccc21. The fraction of sp³-hybridized carbons (Fsp3) is 0.462. The molecule has 2 rings (SSSR count). The fourth-order valence-electron chi connectivity index (χ4n) is 2.29. The van der Waals surface area contributed by atoms with E-state index in [-0.39, 0.29) is 18.6 Å². The summed E-state index contributed by atoms with van der Waals surface area (Å²) in [5, 5.41) is 12.6. The molecule has 1 aromatic rings. The Morgan fingerprint density at radius 2 is 2.41 bits per heavy atom. The standard InChI is InChI=1S/C13H17NO3/c1-17-13(16)8-14-12-4-2-3-9-7-10(15)5-6-11(9)12/h5-7,12,14-15H,2-4,8H2,1H3. The van der Waals surface area contributed by atoms with Crippen LogP contribution < -0.4 is 5.32 Å². The second kappa shape index (κ2) is 5.19. The van der Waals surface area contributed by atoms with E-state index in [0.717, 1.165) is 19.3 Å². The van der Waals surface area contributed by atoms with Gasteiger partial charge in [0.25, 0.3) is 0 Å². The quantitative estimate of drug-likeness (QED) is 0.780. The van der Waals surface area contributed by atoms with Crippen molar-refractivity contribution in [2.75, 3.05) is 13.7 Å². The molecule has 0 heterocycles. The van der Waals surface area contributed by atoms with E-state index in [2.05, 4.69) is 10.1 Å². The summed E-state index contributed by atoms with van der Waals surface area (Å²) in [5.74, 6) is 0.0493. The number of carbonyl (C=O) groups is 1. The second-order valence-corrected chi connectivity index (χ2v) is 4.28. The van der Waals surface area contributed by atoms with Crippen molar-refractivity contribution in [2.24, 2.45) is 0 Å². The average Bonchev–Trinajstić information content (AvgIpc) is 2.35. The third-order valence-electron chi connectivity index (χ3n) is 3.16. The van der Waals surface area contributed by atoms with Crippen molar-refractivity contribution < 1.29 is 14.6 Å². The topological polar surface area (TPSA) is 58.6 Å². The van der Waals surface area contributed by atoms with Crippen LogP contribution in [0.25, 0.3) is 0 Å². The molecular weight excluding hydrogens is 218 g/mol. The van der Waals surface area contributed by atoms with Crippen LogP contribution in [0.4, 0.5) is 0 Å². The Labute approximate surface area is 101 Å². The maximum Gasteiger partial charge on any atom is 0.319 e. The number of methoxy groups -OCH3 is 1. The Bertz CT molecular complexity index is 417. The first-order valence-corrected chi connectivity index (χ1v) is 5.82. The van der Waals surface area contributed by atoms with Crippen LogP contribution in [0.2, 0.25) is 0 Å². The zero-order chi connectivity index (χ0) is 12.3. The fourth-order valence-corrected chi connectivity index (χ4v) is 2.29. The molecule has 0 saturated carbocycles. The molecule has 0 aromatic heterocycles. The summed E-state index contributed by atoms with van der Waals surface area (Å²) in [6, 6.07) is 5.61. The highest BCUT2D eigenvalue weighted by Crippen LogP contribution is 2.31. The van der Waals surface area contributed by atoms with E-state index >= 15 is 0 Å². The van der Waals surface area contributed by atoms with E-state index in [4.69, 9.17) is 0 Å². The lowest BCUT2D eigenvalue weighted by Crippen LogP contribution is -2.30. The third-order valence-corrected chi connectivity index (χ3v) is 3.16. The molecule has 1 aliphatic carbocycles. The number of carbonyl (C=O) groups excluding carboxylic acids is 1. The summed E-state index contributed by atoms with van der Waals surface area (Å²) in [7, 11) is 1.39. The van der Waals surface area contributed by atoms with Gasteiger partial charge in [-0.2, -0.15) is 0 Å². The molecule has 0 bridgehead atoms. The molecule has 0 saturated heterocycles. The van der Waals surface area contributed by atoms with Crippen LogP contribution in [0.3, 0.4) is 0 Å². The molecule has 4 heteroatoms. The number of rotatable bonds is 3. The van der Waals surface area contributed by atoms with E-state index in [1.165, 1.54) is 18.2 Å². The lowest BCUT2D eigenvalue weighted by atomic mass is 9.87. The number of benzene rings is 1. The highest BCUT2D eigenvalue weighted by Gasteiger charge is 2.20. The molecule has 1 unspecified atom stereocenters. The molecule has 2 N–H and O–H groups in total. The van der Waals surface area contributed by atoms with Crippen LogP contribution in [-0.2, 0) is 16.0 Å². The smallest absolute Gasteiger partial charge is 0.319 e. The number of phenolic OH excluding ortho intramolecular Hbond substituents is 1. The van der Waals surface area contributed by atoms with Gasteiger partial charge in [0.2, 0.25) is 0 Å². The first-order chi connectivity index (χ1) is 8.20. The Balaban J connectivity index is 2.09. The minimum absolute atomic E-state index is 0.179. The van der Waals surface area contributed by atoms with E-state index < -0.39 is 0 Å². The number of aromatic hydroxyl groups is 1. The van der Waals surface area contributed by atoms with Gasteiger partial charge in [-0.3, -0.25) is 4.79 Å². The molecule has 1 atom stereocenters. The number of hydrogen-bond donors (Lipinski definition) is 2.